The minimum absolute atomic E-state index is 0.0680. The second-order valence-electron chi connectivity index (χ2n) is 7.02. The molecule has 27 heavy (non-hydrogen) atoms. The molecule has 1 aromatic heterocycles. The van der Waals surface area contributed by atoms with Crippen molar-refractivity contribution in [3.05, 3.63) is 29.6 Å². The smallest absolute Gasteiger partial charge is 0.357 e. The summed E-state index contributed by atoms with van der Waals surface area (Å²) in [6.45, 7) is 11.3. The lowest BCUT2D eigenvalue weighted by Crippen LogP contribution is -2.48. The van der Waals surface area contributed by atoms with Gasteiger partial charge in [0.15, 0.2) is 11.7 Å². The quantitative estimate of drug-likeness (QED) is 0.448. The Kier molecular flexibility index (Phi) is 7.29. The summed E-state index contributed by atoms with van der Waals surface area (Å²) >= 11 is 0. The van der Waals surface area contributed by atoms with Gasteiger partial charge in [-0.25, -0.2) is 4.99 Å². The molecule has 0 atom stereocenters. The van der Waals surface area contributed by atoms with Gasteiger partial charge >= 0.3 is 6.18 Å². The summed E-state index contributed by atoms with van der Waals surface area (Å²) in [6.07, 6.45) is -1.20. The van der Waals surface area contributed by atoms with Crippen LogP contribution in [0.4, 0.5) is 13.2 Å². The van der Waals surface area contributed by atoms with Crippen LogP contribution < -0.4 is 10.6 Å². The van der Waals surface area contributed by atoms with E-state index >= 15 is 0 Å². The number of rotatable bonds is 6. The molecule has 2 heterocycles. The summed E-state index contributed by atoms with van der Waals surface area (Å²) in [4.78, 5) is 6.70. The fourth-order valence-corrected chi connectivity index (χ4v) is 3.19. The van der Waals surface area contributed by atoms with Crippen LogP contribution in [0.1, 0.15) is 37.9 Å². The minimum Gasteiger partial charge on any atom is -0.357 e. The van der Waals surface area contributed by atoms with E-state index in [4.69, 9.17) is 0 Å². The molecule has 1 fully saturated rings. The first-order valence-electron chi connectivity index (χ1n) is 9.20. The van der Waals surface area contributed by atoms with Gasteiger partial charge in [0.1, 0.15) is 0 Å². The molecule has 1 saturated heterocycles. The van der Waals surface area contributed by atoms with E-state index in [-0.39, 0.29) is 18.2 Å². The van der Waals surface area contributed by atoms with Gasteiger partial charge in [0.05, 0.1) is 6.54 Å². The maximum Gasteiger partial charge on any atom is 0.435 e. The van der Waals surface area contributed by atoms with Gasteiger partial charge in [-0.1, -0.05) is 12.2 Å². The van der Waals surface area contributed by atoms with Crippen molar-refractivity contribution in [2.75, 3.05) is 26.2 Å². The third kappa shape index (κ3) is 6.57. The lowest BCUT2D eigenvalue weighted by molar-refractivity contribution is -0.142. The van der Waals surface area contributed by atoms with Crippen molar-refractivity contribution in [3.8, 4) is 0 Å². The summed E-state index contributed by atoms with van der Waals surface area (Å²) in [5.74, 6) is 0.535. The number of hydrogen-bond donors (Lipinski definition) is 2. The van der Waals surface area contributed by atoms with Crippen LogP contribution in [0.5, 0.6) is 0 Å². The molecule has 1 aliphatic rings. The molecule has 0 aliphatic carbocycles. The Morgan fingerprint density at radius 2 is 2.04 bits per heavy atom. The van der Waals surface area contributed by atoms with Crippen LogP contribution in [0.15, 0.2) is 23.3 Å². The number of aromatic nitrogens is 2. The van der Waals surface area contributed by atoms with Crippen LogP contribution in [0, 0.1) is 0 Å². The number of aryl methyl sites for hydroxylation is 1. The number of likely N-dealkylation sites (tertiary alicyclic amines) is 1. The molecule has 6 nitrogen and oxygen atoms in total. The lowest BCUT2D eigenvalue weighted by atomic mass is 10.0. The van der Waals surface area contributed by atoms with Crippen LogP contribution in [-0.4, -0.2) is 52.9 Å². The topological polar surface area (TPSA) is 57.5 Å². The maximum absolute atomic E-state index is 13.1. The molecule has 0 spiro atoms. The van der Waals surface area contributed by atoms with Crippen molar-refractivity contribution in [3.63, 3.8) is 0 Å². The van der Waals surface area contributed by atoms with Crippen LogP contribution >= 0.6 is 0 Å². The van der Waals surface area contributed by atoms with Crippen molar-refractivity contribution in [1.82, 2.24) is 25.3 Å². The molecule has 1 aromatic rings. The number of nitrogens with zero attached hydrogens (tertiary/aromatic N) is 4. The summed E-state index contributed by atoms with van der Waals surface area (Å²) in [5.41, 5.74) is 0.337. The van der Waals surface area contributed by atoms with E-state index in [9.17, 15) is 13.2 Å². The Labute approximate surface area is 158 Å². The third-order valence-electron chi connectivity index (χ3n) is 4.35. The highest BCUT2D eigenvalue weighted by Gasteiger charge is 2.36. The Morgan fingerprint density at radius 3 is 2.59 bits per heavy atom. The predicted molar refractivity (Wildman–Crippen MR) is 100 cm³/mol. The Hall–Kier alpha value is -2.03. The highest BCUT2D eigenvalue weighted by atomic mass is 19.4. The Balaban J connectivity index is 1.99. The van der Waals surface area contributed by atoms with Crippen LogP contribution in [0.2, 0.25) is 0 Å². The van der Waals surface area contributed by atoms with E-state index in [0.29, 0.717) is 12.5 Å². The zero-order valence-corrected chi connectivity index (χ0v) is 16.2. The first-order chi connectivity index (χ1) is 12.7. The van der Waals surface area contributed by atoms with Crippen molar-refractivity contribution >= 4 is 5.96 Å². The predicted octanol–water partition coefficient (Wildman–Crippen LogP) is 2.53. The van der Waals surface area contributed by atoms with Gasteiger partial charge in [-0.05, 0) is 26.7 Å². The lowest BCUT2D eigenvalue weighted by Gasteiger charge is -2.33. The van der Waals surface area contributed by atoms with Gasteiger partial charge in [0.2, 0.25) is 0 Å². The molecule has 2 rings (SSSR count). The normalized spacial score (nSPS) is 17.2. The van der Waals surface area contributed by atoms with Gasteiger partial charge in [0, 0.05) is 51.0 Å². The average Bonchev–Trinajstić information content (AvgIpc) is 2.95. The summed E-state index contributed by atoms with van der Waals surface area (Å²) < 4.78 is 40.4. The minimum atomic E-state index is -4.48. The first-order valence-corrected chi connectivity index (χ1v) is 9.20. The van der Waals surface area contributed by atoms with Crippen LogP contribution in [0.25, 0.3) is 0 Å². The highest BCUT2D eigenvalue weighted by Crippen LogP contribution is 2.30. The Morgan fingerprint density at radius 1 is 1.37 bits per heavy atom. The van der Waals surface area contributed by atoms with Crippen molar-refractivity contribution in [1.29, 1.82) is 0 Å². The number of alkyl halides is 3. The molecular weight excluding hydrogens is 357 g/mol. The fraction of sp³-hybridized carbons (Fsp3) is 0.667. The van der Waals surface area contributed by atoms with Crippen molar-refractivity contribution in [2.45, 2.75) is 45.5 Å². The molecular formula is C18H29F3N6. The molecule has 0 unspecified atom stereocenters. The largest absolute Gasteiger partial charge is 0.435 e. The molecule has 152 valence electrons. The standard InChI is InChI=1S/C18H29F3N6/c1-5-22-17(24-15-6-8-27(9-7-15)11-13(2)3)23-10-14-12-26(4)25-16(14)18(19,20)21/h12,15H,2,5-11H2,1,3-4H3,(H2,22,23,24). The second kappa shape index (κ2) is 9.25. The number of guanidine groups is 1. The van der Waals surface area contributed by atoms with E-state index in [0.717, 1.165) is 38.0 Å². The molecule has 0 radical (unpaired) electrons. The monoisotopic (exact) mass is 386 g/mol. The number of halogens is 3. The van der Waals surface area contributed by atoms with Gasteiger partial charge in [-0.3, -0.25) is 9.58 Å². The Bertz CT molecular complexity index is 657. The van der Waals surface area contributed by atoms with Crippen LogP contribution in [0.3, 0.4) is 0 Å². The van der Waals surface area contributed by atoms with E-state index in [1.165, 1.54) is 17.9 Å². The van der Waals surface area contributed by atoms with E-state index in [1.54, 1.807) is 0 Å². The number of nitrogens with one attached hydrogen (secondary N) is 2. The SMILES string of the molecule is C=C(C)CN1CCC(NC(=NCc2cn(C)nc2C(F)(F)F)NCC)CC1. The highest BCUT2D eigenvalue weighted by molar-refractivity contribution is 5.80. The van der Waals surface area contributed by atoms with E-state index in [1.807, 2.05) is 13.8 Å². The van der Waals surface area contributed by atoms with E-state index < -0.39 is 11.9 Å². The molecule has 1 aliphatic heterocycles. The number of hydrogen-bond acceptors (Lipinski definition) is 3. The van der Waals surface area contributed by atoms with Gasteiger partial charge in [0.25, 0.3) is 0 Å². The fourth-order valence-electron chi connectivity index (χ4n) is 3.19. The molecule has 9 heteroatoms. The third-order valence-corrected chi connectivity index (χ3v) is 4.35. The zero-order valence-electron chi connectivity index (χ0n) is 16.2. The first kappa shape index (κ1) is 21.3. The van der Waals surface area contributed by atoms with Gasteiger partial charge < -0.3 is 10.6 Å². The molecule has 0 amide bonds. The summed E-state index contributed by atoms with van der Waals surface area (Å²) in [7, 11) is 1.48. The van der Waals surface area contributed by atoms with Gasteiger partial charge in [-0.15, -0.1) is 0 Å². The average molecular weight is 386 g/mol. The molecule has 0 saturated carbocycles. The molecule has 0 aromatic carbocycles. The molecule has 2 N–H and O–H groups in total. The zero-order chi connectivity index (χ0) is 20.0. The van der Waals surface area contributed by atoms with Crippen LogP contribution in [-0.2, 0) is 19.8 Å². The molecule has 0 bridgehead atoms. The number of piperidine rings is 1. The van der Waals surface area contributed by atoms with E-state index in [2.05, 4.69) is 32.2 Å². The van der Waals surface area contributed by atoms with Gasteiger partial charge in [-0.2, -0.15) is 18.3 Å². The van der Waals surface area contributed by atoms with Crippen molar-refractivity contribution in [2.24, 2.45) is 12.0 Å². The maximum atomic E-state index is 13.1. The summed E-state index contributed by atoms with van der Waals surface area (Å²) in [5, 5.41) is 9.98. The summed E-state index contributed by atoms with van der Waals surface area (Å²) in [6, 6.07) is 0.250. The second-order valence-corrected chi connectivity index (χ2v) is 7.02. The van der Waals surface area contributed by atoms with Crippen molar-refractivity contribution < 1.29 is 13.2 Å². The number of aliphatic imine (C=N–C) groups is 1.